The molecule has 1 aromatic carbocycles. The fourth-order valence-electron chi connectivity index (χ4n) is 3.22. The average molecular weight is 362 g/mol. The van der Waals surface area contributed by atoms with E-state index >= 15 is 0 Å². The minimum absolute atomic E-state index is 0.0228. The normalized spacial score (nSPS) is 15.3. The van der Waals surface area contributed by atoms with Gasteiger partial charge in [0.15, 0.2) is 0 Å². The molecule has 0 radical (unpaired) electrons. The van der Waals surface area contributed by atoms with Crippen LogP contribution in [0.2, 0.25) is 5.02 Å². The molecule has 0 saturated carbocycles. The molecule has 0 aliphatic carbocycles. The van der Waals surface area contributed by atoms with Gasteiger partial charge < -0.3 is 14.3 Å². The minimum Gasteiger partial charge on any atom is -0.360 e. The lowest BCUT2D eigenvalue weighted by molar-refractivity contribution is -0.136. The van der Waals surface area contributed by atoms with Crippen LogP contribution in [0.1, 0.15) is 25.2 Å². The molecule has 3 rings (SSSR count). The molecule has 1 amide bonds. The predicted molar refractivity (Wildman–Crippen MR) is 98.4 cm³/mol. The summed E-state index contributed by atoms with van der Waals surface area (Å²) in [5, 5.41) is 4.92. The first-order valence-electron chi connectivity index (χ1n) is 8.70. The Bertz CT molecular complexity index is 742. The van der Waals surface area contributed by atoms with Crippen molar-refractivity contribution in [2.24, 2.45) is 5.92 Å². The summed E-state index contributed by atoms with van der Waals surface area (Å²) in [4.78, 5) is 16.9. The van der Waals surface area contributed by atoms with Crippen molar-refractivity contribution in [1.82, 2.24) is 15.0 Å². The standard InChI is InChI=1S/C19H24ClN3O2/c1-4-22(3)11-13(2)19(24)23-10-9-17-16(12-23)18(21-25-17)14-5-7-15(20)8-6-14/h5-8,13H,4,9-12H2,1-3H3/t13-/m0/s1. The fraction of sp³-hybridized carbons (Fsp3) is 0.474. The number of benzene rings is 1. The fourth-order valence-corrected chi connectivity index (χ4v) is 3.34. The molecule has 1 aromatic heterocycles. The van der Waals surface area contributed by atoms with Gasteiger partial charge in [0.25, 0.3) is 0 Å². The summed E-state index contributed by atoms with van der Waals surface area (Å²) in [5.41, 5.74) is 2.78. The highest BCUT2D eigenvalue weighted by Gasteiger charge is 2.29. The van der Waals surface area contributed by atoms with Gasteiger partial charge in [-0.3, -0.25) is 4.79 Å². The molecule has 2 aromatic rings. The summed E-state index contributed by atoms with van der Waals surface area (Å²) < 4.78 is 5.51. The highest BCUT2D eigenvalue weighted by atomic mass is 35.5. The van der Waals surface area contributed by atoms with Crippen LogP contribution in [0.4, 0.5) is 0 Å². The van der Waals surface area contributed by atoms with Gasteiger partial charge in [-0.05, 0) is 25.7 Å². The summed E-state index contributed by atoms with van der Waals surface area (Å²) in [5.74, 6) is 1.05. The van der Waals surface area contributed by atoms with Crippen LogP contribution in [0.25, 0.3) is 11.3 Å². The van der Waals surface area contributed by atoms with Gasteiger partial charge in [-0.15, -0.1) is 0 Å². The van der Waals surface area contributed by atoms with E-state index in [0.29, 0.717) is 24.5 Å². The maximum atomic E-state index is 12.8. The Hall–Kier alpha value is -1.85. The zero-order valence-corrected chi connectivity index (χ0v) is 15.7. The van der Waals surface area contributed by atoms with Gasteiger partial charge in [0.2, 0.25) is 5.91 Å². The number of nitrogens with zero attached hydrogens (tertiary/aromatic N) is 3. The number of rotatable bonds is 5. The van der Waals surface area contributed by atoms with Crippen LogP contribution < -0.4 is 0 Å². The van der Waals surface area contributed by atoms with E-state index in [1.54, 1.807) is 0 Å². The molecule has 5 nitrogen and oxygen atoms in total. The van der Waals surface area contributed by atoms with E-state index in [-0.39, 0.29) is 11.8 Å². The first kappa shape index (κ1) is 18.0. The Kier molecular flexibility index (Phi) is 5.45. The first-order chi connectivity index (χ1) is 12.0. The van der Waals surface area contributed by atoms with Crippen LogP contribution in [-0.2, 0) is 17.8 Å². The summed E-state index contributed by atoms with van der Waals surface area (Å²) in [6, 6.07) is 7.54. The van der Waals surface area contributed by atoms with Crippen LogP contribution in [0, 0.1) is 5.92 Å². The molecule has 1 atom stereocenters. The molecule has 2 heterocycles. The highest BCUT2D eigenvalue weighted by molar-refractivity contribution is 6.30. The molecule has 0 saturated heterocycles. The molecule has 1 aliphatic heterocycles. The van der Waals surface area contributed by atoms with E-state index in [0.717, 1.165) is 35.7 Å². The first-order valence-corrected chi connectivity index (χ1v) is 9.08. The van der Waals surface area contributed by atoms with Gasteiger partial charge in [-0.2, -0.15) is 0 Å². The van der Waals surface area contributed by atoms with Crippen molar-refractivity contribution in [3.05, 3.63) is 40.6 Å². The van der Waals surface area contributed by atoms with Crippen molar-refractivity contribution in [2.45, 2.75) is 26.8 Å². The molecule has 0 N–H and O–H groups in total. The lowest BCUT2D eigenvalue weighted by atomic mass is 10.00. The maximum absolute atomic E-state index is 12.8. The summed E-state index contributed by atoms with van der Waals surface area (Å²) >= 11 is 5.97. The van der Waals surface area contributed by atoms with Gasteiger partial charge in [-0.25, -0.2) is 0 Å². The number of carbonyl (C=O) groups is 1. The van der Waals surface area contributed by atoms with Crippen molar-refractivity contribution < 1.29 is 9.32 Å². The molecule has 0 unspecified atom stereocenters. The van der Waals surface area contributed by atoms with Crippen molar-refractivity contribution in [3.8, 4) is 11.3 Å². The largest absolute Gasteiger partial charge is 0.360 e. The zero-order valence-electron chi connectivity index (χ0n) is 15.0. The van der Waals surface area contributed by atoms with E-state index in [1.165, 1.54) is 0 Å². The second-order valence-electron chi connectivity index (χ2n) is 6.71. The van der Waals surface area contributed by atoms with Crippen LogP contribution in [-0.4, -0.2) is 47.5 Å². The SMILES string of the molecule is CCN(C)C[C@H](C)C(=O)N1CCc2onc(-c3ccc(Cl)cc3)c2C1. The second-order valence-corrected chi connectivity index (χ2v) is 7.14. The predicted octanol–water partition coefficient (Wildman–Crippen LogP) is 3.47. The topological polar surface area (TPSA) is 49.6 Å². The number of carbonyl (C=O) groups excluding carboxylic acids is 1. The van der Waals surface area contributed by atoms with E-state index in [1.807, 2.05) is 43.1 Å². The van der Waals surface area contributed by atoms with Crippen LogP contribution in [0.5, 0.6) is 0 Å². The number of hydrogen-bond acceptors (Lipinski definition) is 4. The smallest absolute Gasteiger partial charge is 0.227 e. The quantitative estimate of drug-likeness (QED) is 0.818. The van der Waals surface area contributed by atoms with Crippen LogP contribution in [0.15, 0.2) is 28.8 Å². The molecule has 25 heavy (non-hydrogen) atoms. The van der Waals surface area contributed by atoms with Gasteiger partial charge in [0, 0.05) is 41.6 Å². The summed E-state index contributed by atoms with van der Waals surface area (Å²) in [7, 11) is 2.04. The number of aromatic nitrogens is 1. The van der Waals surface area contributed by atoms with E-state index in [4.69, 9.17) is 16.1 Å². The van der Waals surface area contributed by atoms with Crippen LogP contribution >= 0.6 is 11.6 Å². The third-order valence-electron chi connectivity index (χ3n) is 4.80. The number of amides is 1. The highest BCUT2D eigenvalue weighted by Crippen LogP contribution is 2.31. The molecule has 0 spiro atoms. The zero-order chi connectivity index (χ0) is 18.0. The Morgan fingerprint density at radius 3 is 2.80 bits per heavy atom. The molecular formula is C19H24ClN3O2. The number of hydrogen-bond donors (Lipinski definition) is 0. The van der Waals surface area contributed by atoms with Gasteiger partial charge in [-0.1, -0.05) is 42.7 Å². The maximum Gasteiger partial charge on any atom is 0.227 e. The lowest BCUT2D eigenvalue weighted by Gasteiger charge is -2.30. The molecule has 0 fully saturated rings. The molecular weight excluding hydrogens is 338 g/mol. The van der Waals surface area contributed by atoms with Crippen molar-refractivity contribution in [2.75, 3.05) is 26.7 Å². The molecule has 0 bridgehead atoms. The number of fused-ring (bicyclic) bond motifs is 1. The van der Waals surface area contributed by atoms with E-state index in [9.17, 15) is 4.79 Å². The van der Waals surface area contributed by atoms with E-state index < -0.39 is 0 Å². The lowest BCUT2D eigenvalue weighted by Crippen LogP contribution is -2.42. The summed E-state index contributed by atoms with van der Waals surface area (Å²) in [6.07, 6.45) is 0.706. The second kappa shape index (κ2) is 7.58. The van der Waals surface area contributed by atoms with E-state index in [2.05, 4.69) is 17.0 Å². The summed E-state index contributed by atoms with van der Waals surface area (Å²) in [6.45, 7) is 7.04. The minimum atomic E-state index is -0.0228. The van der Waals surface area contributed by atoms with Crippen molar-refractivity contribution >= 4 is 17.5 Å². The van der Waals surface area contributed by atoms with Crippen molar-refractivity contribution in [3.63, 3.8) is 0 Å². The van der Waals surface area contributed by atoms with Gasteiger partial charge >= 0.3 is 0 Å². The van der Waals surface area contributed by atoms with Crippen LogP contribution in [0.3, 0.4) is 0 Å². The van der Waals surface area contributed by atoms with Gasteiger partial charge in [0.1, 0.15) is 11.5 Å². The third kappa shape index (κ3) is 3.88. The average Bonchev–Trinajstić information content (AvgIpc) is 3.04. The monoisotopic (exact) mass is 361 g/mol. The van der Waals surface area contributed by atoms with Gasteiger partial charge in [0.05, 0.1) is 6.54 Å². The Morgan fingerprint density at radius 2 is 2.12 bits per heavy atom. The Morgan fingerprint density at radius 1 is 1.40 bits per heavy atom. The third-order valence-corrected chi connectivity index (χ3v) is 5.06. The molecule has 134 valence electrons. The Labute approximate surface area is 153 Å². The molecule has 1 aliphatic rings. The molecule has 6 heteroatoms. The Balaban J connectivity index is 1.77. The number of halogens is 1. The van der Waals surface area contributed by atoms with Crippen molar-refractivity contribution in [1.29, 1.82) is 0 Å².